The minimum absolute atomic E-state index is 0.0398. The van der Waals surface area contributed by atoms with Crippen molar-refractivity contribution in [3.05, 3.63) is 102 Å². The molecule has 186 valence electrons. The zero-order valence-electron chi connectivity index (χ0n) is 20.4. The van der Waals surface area contributed by atoms with Crippen LogP contribution in [0.15, 0.2) is 79.0 Å². The molecule has 4 aromatic rings. The van der Waals surface area contributed by atoms with Gasteiger partial charge in [0.15, 0.2) is 0 Å². The summed E-state index contributed by atoms with van der Waals surface area (Å²) >= 11 is 0. The van der Waals surface area contributed by atoms with Gasteiger partial charge in [0.25, 0.3) is 0 Å². The topological polar surface area (TPSA) is 57.7 Å². The first-order valence-corrected chi connectivity index (χ1v) is 12.4. The average Bonchev–Trinajstić information content (AvgIpc) is 3.54. The number of nitrogens with zero attached hydrogens (tertiary/aromatic N) is 1. The Kier molecular flexibility index (Phi) is 6.08. The van der Waals surface area contributed by atoms with Crippen LogP contribution in [0.4, 0.5) is 4.39 Å². The number of methoxy groups -OCH3 is 1. The number of esters is 1. The number of halogens is 1. The largest absolute Gasteiger partial charge is 0.492 e. The number of carbonyl (C=O) groups excluding carboxylic acids is 1. The Hall–Kier alpha value is -4.19. The number of hydrogen-bond acceptors (Lipinski definition) is 5. The molecule has 3 aromatic carbocycles. The highest BCUT2D eigenvalue weighted by Gasteiger charge is 2.32. The lowest BCUT2D eigenvalue weighted by molar-refractivity contribution is -0.141. The van der Waals surface area contributed by atoms with Gasteiger partial charge >= 0.3 is 5.97 Å². The van der Waals surface area contributed by atoms with Crippen LogP contribution in [-0.4, -0.2) is 24.7 Å². The number of aromatic nitrogens is 1. The van der Waals surface area contributed by atoms with Crippen molar-refractivity contribution in [1.29, 1.82) is 0 Å². The summed E-state index contributed by atoms with van der Waals surface area (Å²) in [5, 5.41) is 0. The molecule has 0 saturated heterocycles. The van der Waals surface area contributed by atoms with Gasteiger partial charge in [-0.15, -0.1) is 0 Å². The highest BCUT2D eigenvalue weighted by atomic mass is 19.1. The van der Waals surface area contributed by atoms with Gasteiger partial charge in [0.1, 0.15) is 23.4 Å². The van der Waals surface area contributed by atoms with Gasteiger partial charge in [-0.25, -0.2) is 4.39 Å². The second-order valence-electron chi connectivity index (χ2n) is 9.39. The number of fused-ring (bicyclic) bond motifs is 2. The van der Waals surface area contributed by atoms with Crippen LogP contribution in [0.5, 0.6) is 11.5 Å². The summed E-state index contributed by atoms with van der Waals surface area (Å²) in [5.74, 6) is 0.747. The van der Waals surface area contributed by atoms with E-state index < -0.39 is 6.10 Å². The Morgan fingerprint density at radius 3 is 2.76 bits per heavy atom. The summed E-state index contributed by atoms with van der Waals surface area (Å²) in [5.41, 5.74) is 6.38. The Morgan fingerprint density at radius 2 is 1.92 bits per heavy atom. The van der Waals surface area contributed by atoms with Gasteiger partial charge in [-0.1, -0.05) is 48.5 Å². The van der Waals surface area contributed by atoms with E-state index in [9.17, 15) is 4.79 Å². The molecule has 0 N–H and O–H groups in total. The summed E-state index contributed by atoms with van der Waals surface area (Å²) < 4.78 is 32.2. The Morgan fingerprint density at radius 1 is 1.05 bits per heavy atom. The lowest BCUT2D eigenvalue weighted by Crippen LogP contribution is -2.09. The Bertz CT molecular complexity index is 1470. The molecule has 2 unspecified atom stereocenters. The van der Waals surface area contributed by atoms with Crippen molar-refractivity contribution in [2.75, 3.05) is 13.7 Å². The molecule has 1 aliphatic heterocycles. The van der Waals surface area contributed by atoms with Gasteiger partial charge in [0.2, 0.25) is 0 Å². The molecule has 0 amide bonds. The third-order valence-electron chi connectivity index (χ3n) is 7.21. The van der Waals surface area contributed by atoms with Gasteiger partial charge in [0, 0.05) is 40.4 Å². The lowest BCUT2D eigenvalue weighted by atomic mass is 9.93. The number of pyridine rings is 1. The van der Waals surface area contributed by atoms with E-state index in [4.69, 9.17) is 14.2 Å². The van der Waals surface area contributed by atoms with E-state index in [1.807, 2.05) is 66.7 Å². The summed E-state index contributed by atoms with van der Waals surface area (Å²) in [6, 6.07) is 23.0. The number of rotatable bonds is 6. The van der Waals surface area contributed by atoms with Gasteiger partial charge in [0.05, 0.1) is 25.8 Å². The van der Waals surface area contributed by atoms with Crippen LogP contribution in [0.2, 0.25) is 0 Å². The van der Waals surface area contributed by atoms with E-state index in [-0.39, 0.29) is 24.1 Å². The highest BCUT2D eigenvalue weighted by molar-refractivity contribution is 5.83. The van der Waals surface area contributed by atoms with Crippen LogP contribution in [0.1, 0.15) is 41.6 Å². The number of benzene rings is 3. The van der Waals surface area contributed by atoms with Gasteiger partial charge in [-0.3, -0.25) is 9.78 Å². The molecule has 2 aliphatic rings. The second kappa shape index (κ2) is 9.69. The van der Waals surface area contributed by atoms with Gasteiger partial charge in [-0.05, 0) is 42.2 Å². The minimum Gasteiger partial charge on any atom is -0.492 e. The van der Waals surface area contributed by atoms with E-state index in [0.29, 0.717) is 36.5 Å². The average molecular weight is 496 g/mol. The fraction of sp³-hybridized carbons (Fsp3) is 0.226. The van der Waals surface area contributed by atoms with E-state index in [1.165, 1.54) is 13.2 Å². The Labute approximate surface area is 214 Å². The van der Waals surface area contributed by atoms with Crippen LogP contribution in [0.25, 0.3) is 22.4 Å². The van der Waals surface area contributed by atoms with Crippen molar-refractivity contribution in [3.8, 4) is 33.9 Å². The third kappa shape index (κ3) is 4.33. The standard InChI is InChI=1S/C31H26FNO4/c1-35-29(34)16-20-18-36-28-17-21(9-10-22(20)28)37-27-14-12-24-23(11-13-26(32)30(24)27)25-8-5-15-33-31(25)19-6-3-2-4-7-19/h2-11,13,15,17,20,27H,12,14,16,18H2,1H3. The molecule has 1 aromatic heterocycles. The number of hydrogen-bond donors (Lipinski definition) is 0. The van der Waals surface area contributed by atoms with Crippen molar-refractivity contribution >= 4 is 5.97 Å². The summed E-state index contributed by atoms with van der Waals surface area (Å²) in [6.07, 6.45) is 3.03. The maximum Gasteiger partial charge on any atom is 0.306 e. The summed E-state index contributed by atoms with van der Waals surface area (Å²) in [7, 11) is 1.39. The van der Waals surface area contributed by atoms with Gasteiger partial charge in [-0.2, -0.15) is 0 Å². The summed E-state index contributed by atoms with van der Waals surface area (Å²) in [4.78, 5) is 16.4. The fourth-order valence-electron chi connectivity index (χ4n) is 5.44. The Balaban J connectivity index is 1.30. The molecular weight excluding hydrogens is 469 g/mol. The first kappa shape index (κ1) is 23.2. The van der Waals surface area contributed by atoms with E-state index in [2.05, 4.69) is 4.98 Å². The molecule has 0 fully saturated rings. The first-order valence-electron chi connectivity index (χ1n) is 12.4. The molecule has 0 saturated carbocycles. The molecule has 0 radical (unpaired) electrons. The third-order valence-corrected chi connectivity index (χ3v) is 7.21. The lowest BCUT2D eigenvalue weighted by Gasteiger charge is -2.18. The van der Waals surface area contributed by atoms with E-state index in [0.717, 1.165) is 33.5 Å². The van der Waals surface area contributed by atoms with Crippen LogP contribution in [0, 0.1) is 5.82 Å². The van der Waals surface area contributed by atoms with Crippen LogP contribution in [0.3, 0.4) is 0 Å². The van der Waals surface area contributed by atoms with Crippen molar-refractivity contribution in [1.82, 2.24) is 4.98 Å². The van der Waals surface area contributed by atoms with Gasteiger partial charge < -0.3 is 14.2 Å². The van der Waals surface area contributed by atoms with Crippen LogP contribution in [-0.2, 0) is 16.0 Å². The molecule has 6 rings (SSSR count). The maximum absolute atomic E-state index is 15.2. The van der Waals surface area contributed by atoms with Crippen molar-refractivity contribution in [2.45, 2.75) is 31.3 Å². The predicted molar refractivity (Wildman–Crippen MR) is 138 cm³/mol. The molecule has 37 heavy (non-hydrogen) atoms. The quantitative estimate of drug-likeness (QED) is 0.280. The first-order chi connectivity index (χ1) is 18.1. The molecule has 0 bridgehead atoms. The highest BCUT2D eigenvalue weighted by Crippen LogP contribution is 2.45. The number of carbonyl (C=O) groups is 1. The molecule has 2 atom stereocenters. The van der Waals surface area contributed by atoms with Crippen molar-refractivity contribution < 1.29 is 23.4 Å². The monoisotopic (exact) mass is 495 g/mol. The zero-order chi connectivity index (χ0) is 25.4. The maximum atomic E-state index is 15.2. The summed E-state index contributed by atoms with van der Waals surface area (Å²) in [6.45, 7) is 0.424. The zero-order valence-corrected chi connectivity index (χ0v) is 20.4. The molecule has 5 nitrogen and oxygen atoms in total. The molecule has 0 spiro atoms. The minimum atomic E-state index is -0.405. The van der Waals surface area contributed by atoms with Crippen molar-refractivity contribution in [2.24, 2.45) is 0 Å². The molecular formula is C31H26FNO4. The molecule has 6 heteroatoms. The van der Waals surface area contributed by atoms with Crippen LogP contribution >= 0.6 is 0 Å². The van der Waals surface area contributed by atoms with Crippen LogP contribution < -0.4 is 9.47 Å². The van der Waals surface area contributed by atoms with E-state index in [1.54, 1.807) is 6.20 Å². The SMILES string of the molecule is COC(=O)CC1COc2cc(OC3CCc4c(-c5cccnc5-c5ccccc5)ccc(F)c43)ccc21. The smallest absolute Gasteiger partial charge is 0.306 e. The molecule has 1 aliphatic carbocycles. The molecule has 2 heterocycles. The predicted octanol–water partition coefficient (Wildman–Crippen LogP) is 6.66. The second-order valence-corrected chi connectivity index (χ2v) is 9.39. The normalized spacial score (nSPS) is 17.6. The fourth-order valence-corrected chi connectivity index (χ4v) is 5.44. The van der Waals surface area contributed by atoms with E-state index >= 15 is 4.39 Å². The number of ether oxygens (including phenoxy) is 3. The van der Waals surface area contributed by atoms with Crippen molar-refractivity contribution in [3.63, 3.8) is 0 Å².